The minimum absolute atomic E-state index is 0. The zero-order valence-electron chi connectivity index (χ0n) is 19.4. The molecule has 0 atom stereocenters. The molecule has 0 saturated carbocycles. The fourth-order valence-corrected chi connectivity index (χ4v) is 4.01. The maximum atomic E-state index is 5.51. The van der Waals surface area contributed by atoms with Crippen LogP contribution in [0.2, 0.25) is 0 Å². The van der Waals surface area contributed by atoms with Crippen LogP contribution in [0.5, 0.6) is 11.5 Å². The number of rotatable bonds is 10. The molecule has 7 nitrogen and oxygen atoms in total. The van der Waals surface area contributed by atoms with Gasteiger partial charge < -0.3 is 24.6 Å². The molecule has 1 fully saturated rings. The first kappa shape index (κ1) is 26.0. The minimum atomic E-state index is 0. The van der Waals surface area contributed by atoms with Crippen molar-refractivity contribution in [3.8, 4) is 11.5 Å². The number of hydrogen-bond donors (Lipinski definition) is 1. The molecule has 8 heteroatoms. The number of piperazine rings is 1. The second-order valence-corrected chi connectivity index (χ2v) is 7.92. The molecule has 1 N–H and O–H groups in total. The van der Waals surface area contributed by atoms with Gasteiger partial charge in [-0.05, 0) is 57.1 Å². The van der Waals surface area contributed by atoms with E-state index in [-0.39, 0.29) is 24.0 Å². The molecule has 0 aromatic heterocycles. The van der Waals surface area contributed by atoms with Crippen molar-refractivity contribution in [2.24, 2.45) is 4.99 Å². The molecule has 1 saturated heterocycles. The maximum Gasteiger partial charge on any atom is 0.231 e. The zero-order chi connectivity index (χ0) is 21.2. The lowest BCUT2D eigenvalue weighted by Crippen LogP contribution is -2.52. The van der Waals surface area contributed by atoms with E-state index in [0.717, 1.165) is 82.8 Å². The summed E-state index contributed by atoms with van der Waals surface area (Å²) in [6.07, 6.45) is 2.36. The van der Waals surface area contributed by atoms with Crippen molar-refractivity contribution >= 4 is 29.9 Å². The van der Waals surface area contributed by atoms with Crippen molar-refractivity contribution in [3.05, 3.63) is 23.8 Å². The van der Waals surface area contributed by atoms with Gasteiger partial charge in [-0.1, -0.05) is 19.9 Å². The molecule has 0 amide bonds. The molecule has 0 bridgehead atoms. The molecule has 2 aliphatic heterocycles. The summed E-state index contributed by atoms with van der Waals surface area (Å²) < 4.78 is 10.9. The van der Waals surface area contributed by atoms with E-state index >= 15 is 0 Å². The summed E-state index contributed by atoms with van der Waals surface area (Å²) in [5.74, 6) is 2.80. The highest BCUT2D eigenvalue weighted by Crippen LogP contribution is 2.32. The van der Waals surface area contributed by atoms with Gasteiger partial charge in [-0.3, -0.25) is 9.89 Å². The number of nitrogens with one attached hydrogen (secondary N) is 1. The average molecular weight is 546 g/mol. The Labute approximate surface area is 205 Å². The van der Waals surface area contributed by atoms with Gasteiger partial charge in [-0.2, -0.15) is 0 Å². The van der Waals surface area contributed by atoms with E-state index in [4.69, 9.17) is 14.5 Å². The van der Waals surface area contributed by atoms with Gasteiger partial charge in [0, 0.05) is 45.8 Å². The molecule has 3 rings (SSSR count). The monoisotopic (exact) mass is 545 g/mol. The number of fused-ring (bicyclic) bond motifs is 1. The fourth-order valence-electron chi connectivity index (χ4n) is 4.01. The van der Waals surface area contributed by atoms with Crippen molar-refractivity contribution in [2.45, 2.75) is 40.2 Å². The molecule has 1 aromatic carbocycles. The first-order chi connectivity index (χ1) is 14.7. The quantitative estimate of drug-likeness (QED) is 0.211. The van der Waals surface area contributed by atoms with Gasteiger partial charge in [-0.25, -0.2) is 0 Å². The van der Waals surface area contributed by atoms with E-state index < -0.39 is 0 Å². The van der Waals surface area contributed by atoms with Crippen molar-refractivity contribution < 1.29 is 9.47 Å². The molecule has 1 aromatic rings. The Hall–Kier alpha value is -1.26. The number of unbranched alkanes of at least 4 members (excludes halogenated alkanes) is 1. The summed E-state index contributed by atoms with van der Waals surface area (Å²) in [6.45, 7) is 17.3. The van der Waals surface area contributed by atoms with E-state index in [1.807, 2.05) is 6.07 Å². The third-order valence-corrected chi connectivity index (χ3v) is 5.89. The Balaban J connectivity index is 0.00000341. The Morgan fingerprint density at radius 3 is 2.48 bits per heavy atom. The second-order valence-electron chi connectivity index (χ2n) is 7.92. The zero-order valence-corrected chi connectivity index (χ0v) is 21.8. The molecular weight excluding hydrogens is 505 g/mol. The molecule has 0 aliphatic carbocycles. The van der Waals surface area contributed by atoms with Crippen LogP contribution in [0.3, 0.4) is 0 Å². The van der Waals surface area contributed by atoms with Gasteiger partial charge in [0.2, 0.25) is 6.79 Å². The molecule has 0 radical (unpaired) electrons. The first-order valence-electron chi connectivity index (χ1n) is 11.6. The third-order valence-electron chi connectivity index (χ3n) is 5.89. The number of benzene rings is 1. The lowest BCUT2D eigenvalue weighted by molar-refractivity contribution is 0.171. The van der Waals surface area contributed by atoms with E-state index in [9.17, 15) is 0 Å². The molecule has 31 heavy (non-hydrogen) atoms. The van der Waals surface area contributed by atoms with Gasteiger partial charge >= 0.3 is 0 Å². The Bertz CT molecular complexity index is 676. The number of halogens is 1. The number of guanidine groups is 1. The molecule has 0 unspecified atom stereocenters. The van der Waals surface area contributed by atoms with Gasteiger partial charge in [0.1, 0.15) is 0 Å². The van der Waals surface area contributed by atoms with Crippen molar-refractivity contribution in [1.82, 2.24) is 20.0 Å². The van der Waals surface area contributed by atoms with Crippen molar-refractivity contribution in [3.63, 3.8) is 0 Å². The molecule has 176 valence electrons. The van der Waals surface area contributed by atoms with Crippen LogP contribution in [0.25, 0.3) is 0 Å². The van der Waals surface area contributed by atoms with Crippen molar-refractivity contribution in [2.75, 3.05) is 65.7 Å². The SMILES string of the molecule is CCNC(=NCCCCN(CC)CC)N1CCN(Cc2ccc3c(c2)OCO3)CC1.I. The van der Waals surface area contributed by atoms with E-state index in [1.165, 1.54) is 18.5 Å². The van der Waals surface area contributed by atoms with E-state index in [1.54, 1.807) is 0 Å². The highest BCUT2D eigenvalue weighted by atomic mass is 127. The fraction of sp³-hybridized carbons (Fsp3) is 0.696. The van der Waals surface area contributed by atoms with Crippen molar-refractivity contribution in [1.29, 1.82) is 0 Å². The molecule has 2 aliphatic rings. The van der Waals surface area contributed by atoms with Crippen LogP contribution < -0.4 is 14.8 Å². The molecule has 2 heterocycles. The summed E-state index contributed by atoms with van der Waals surface area (Å²) in [5.41, 5.74) is 1.28. The van der Waals surface area contributed by atoms with E-state index in [2.05, 4.69) is 52.9 Å². The van der Waals surface area contributed by atoms with Crippen LogP contribution >= 0.6 is 24.0 Å². The highest BCUT2D eigenvalue weighted by Gasteiger charge is 2.20. The topological polar surface area (TPSA) is 52.6 Å². The minimum Gasteiger partial charge on any atom is -0.454 e. The number of ether oxygens (including phenoxy) is 2. The molecule has 0 spiro atoms. The summed E-state index contributed by atoms with van der Waals surface area (Å²) >= 11 is 0. The normalized spacial score (nSPS) is 16.5. The predicted octanol–water partition coefficient (Wildman–Crippen LogP) is 3.24. The average Bonchev–Trinajstić information content (AvgIpc) is 3.24. The number of hydrogen-bond acceptors (Lipinski definition) is 5. The Morgan fingerprint density at radius 1 is 1.03 bits per heavy atom. The Morgan fingerprint density at radius 2 is 1.77 bits per heavy atom. The Kier molecular flexibility index (Phi) is 11.7. The largest absolute Gasteiger partial charge is 0.454 e. The lowest BCUT2D eigenvalue weighted by Gasteiger charge is -2.36. The van der Waals surface area contributed by atoms with Crippen LogP contribution in [0.4, 0.5) is 0 Å². The standard InChI is InChI=1S/C23H39N5O2.HI/c1-4-24-23(25-11-7-8-12-26(5-2)6-3)28-15-13-27(14-16-28)18-20-9-10-21-22(17-20)30-19-29-21;/h9-10,17H,4-8,11-16,18-19H2,1-3H3,(H,24,25);1H. The predicted molar refractivity (Wildman–Crippen MR) is 138 cm³/mol. The van der Waals surface area contributed by atoms with Gasteiger partial charge in [0.05, 0.1) is 0 Å². The third kappa shape index (κ3) is 7.98. The van der Waals surface area contributed by atoms with Crippen LogP contribution in [0, 0.1) is 0 Å². The summed E-state index contributed by atoms with van der Waals surface area (Å²) in [4.78, 5) is 12.3. The summed E-state index contributed by atoms with van der Waals surface area (Å²) in [5, 5.41) is 3.48. The highest BCUT2D eigenvalue weighted by molar-refractivity contribution is 14.0. The number of nitrogens with zero attached hydrogens (tertiary/aromatic N) is 4. The van der Waals surface area contributed by atoms with Gasteiger partial charge in [0.15, 0.2) is 17.5 Å². The van der Waals surface area contributed by atoms with Crippen LogP contribution in [0.1, 0.15) is 39.2 Å². The molecular formula is C23H40IN5O2. The smallest absolute Gasteiger partial charge is 0.231 e. The van der Waals surface area contributed by atoms with Gasteiger partial charge in [-0.15, -0.1) is 24.0 Å². The lowest BCUT2D eigenvalue weighted by atomic mass is 10.1. The first-order valence-corrected chi connectivity index (χ1v) is 11.6. The second kappa shape index (κ2) is 14.0. The number of aliphatic imine (C=N–C) groups is 1. The summed E-state index contributed by atoms with van der Waals surface area (Å²) in [7, 11) is 0. The van der Waals surface area contributed by atoms with E-state index in [0.29, 0.717) is 6.79 Å². The summed E-state index contributed by atoms with van der Waals surface area (Å²) in [6, 6.07) is 6.27. The van der Waals surface area contributed by atoms with Crippen LogP contribution in [-0.4, -0.2) is 86.4 Å². The maximum absolute atomic E-state index is 5.51. The van der Waals surface area contributed by atoms with Crippen LogP contribution in [0.15, 0.2) is 23.2 Å². The van der Waals surface area contributed by atoms with Gasteiger partial charge in [0.25, 0.3) is 0 Å². The van der Waals surface area contributed by atoms with Crippen LogP contribution in [-0.2, 0) is 6.54 Å².